The fraction of sp³-hybridized carbons (Fsp3) is 0.842. The van der Waals surface area contributed by atoms with Crippen LogP contribution in [0, 0.1) is 29.1 Å². The molecular formula is C19H28N4O. The summed E-state index contributed by atoms with van der Waals surface area (Å²) < 4.78 is 1.75. The number of nitrogens with zero attached hydrogens (tertiary/aromatic N) is 4. The molecule has 1 aliphatic heterocycles. The second-order valence-electron chi connectivity index (χ2n) is 8.83. The molecule has 0 unspecified atom stereocenters. The fourth-order valence-electron chi connectivity index (χ4n) is 6.83. The average molecular weight is 328 g/mol. The van der Waals surface area contributed by atoms with E-state index in [1.54, 1.807) is 11.0 Å². The number of carbonyl (C=O) groups excluding carboxylic acids is 1. The third-order valence-electron chi connectivity index (χ3n) is 7.83. The molecule has 4 bridgehead atoms. The van der Waals surface area contributed by atoms with Crippen molar-refractivity contribution in [1.82, 2.24) is 19.7 Å². The van der Waals surface area contributed by atoms with Gasteiger partial charge in [0.15, 0.2) is 0 Å². The zero-order valence-electron chi connectivity index (χ0n) is 14.4. The highest BCUT2D eigenvalue weighted by Gasteiger charge is 2.57. The predicted octanol–water partition coefficient (Wildman–Crippen LogP) is 2.73. The molecule has 0 atom stereocenters. The molecule has 0 aromatic carbocycles. The second-order valence-corrected chi connectivity index (χ2v) is 8.83. The van der Waals surface area contributed by atoms with Gasteiger partial charge in [0.2, 0.25) is 5.91 Å². The van der Waals surface area contributed by atoms with Gasteiger partial charge in [0.1, 0.15) is 12.7 Å². The maximum absolute atomic E-state index is 12.5. The molecule has 1 amide bonds. The van der Waals surface area contributed by atoms with Gasteiger partial charge in [-0.3, -0.25) is 9.48 Å². The number of aromatic nitrogens is 3. The Labute approximate surface area is 143 Å². The standard InChI is InChI=1S/C19H28N4O/c24-18(1-4-23-13-20-12-21-23)22-5-2-19(3-6-22)16-8-14-7-15(10-16)11-17(19)9-14/h12-17H,1-11H2. The van der Waals surface area contributed by atoms with Crippen LogP contribution in [0.2, 0.25) is 0 Å². The van der Waals surface area contributed by atoms with Crippen LogP contribution in [0.4, 0.5) is 0 Å². The number of hydrogen-bond acceptors (Lipinski definition) is 3. The number of likely N-dealkylation sites (tertiary alicyclic amines) is 1. The van der Waals surface area contributed by atoms with Gasteiger partial charge in [-0.05, 0) is 74.0 Å². The zero-order chi connectivity index (χ0) is 16.1. The molecule has 0 radical (unpaired) electrons. The quantitative estimate of drug-likeness (QED) is 0.857. The maximum atomic E-state index is 12.5. The molecule has 1 saturated heterocycles. The summed E-state index contributed by atoms with van der Waals surface area (Å²) in [5.41, 5.74) is 0.593. The lowest BCUT2D eigenvalue weighted by molar-refractivity contribution is -0.150. The van der Waals surface area contributed by atoms with E-state index in [1.807, 2.05) is 0 Å². The first kappa shape index (κ1) is 14.9. The summed E-state index contributed by atoms with van der Waals surface area (Å²) in [7, 11) is 0. The summed E-state index contributed by atoms with van der Waals surface area (Å²) in [4.78, 5) is 18.6. The van der Waals surface area contributed by atoms with Crippen molar-refractivity contribution in [2.24, 2.45) is 29.1 Å². The molecule has 2 heterocycles. The van der Waals surface area contributed by atoms with E-state index in [1.165, 1.54) is 51.3 Å². The van der Waals surface area contributed by atoms with Crippen LogP contribution in [0.15, 0.2) is 12.7 Å². The van der Waals surface area contributed by atoms with Crippen molar-refractivity contribution in [2.75, 3.05) is 13.1 Å². The van der Waals surface area contributed by atoms with E-state index in [0.717, 1.165) is 36.8 Å². The number of piperidine rings is 1. The Kier molecular flexibility index (Phi) is 3.46. The van der Waals surface area contributed by atoms with Gasteiger partial charge >= 0.3 is 0 Å². The van der Waals surface area contributed by atoms with Crippen LogP contribution >= 0.6 is 0 Å². The van der Waals surface area contributed by atoms with Gasteiger partial charge in [-0.15, -0.1) is 0 Å². The predicted molar refractivity (Wildman–Crippen MR) is 89.9 cm³/mol. The molecular weight excluding hydrogens is 300 g/mol. The first-order chi connectivity index (χ1) is 11.7. The summed E-state index contributed by atoms with van der Waals surface area (Å²) in [6.07, 6.45) is 13.8. The van der Waals surface area contributed by atoms with Crippen molar-refractivity contribution in [1.29, 1.82) is 0 Å². The van der Waals surface area contributed by atoms with E-state index in [2.05, 4.69) is 15.0 Å². The lowest BCUT2D eigenvalue weighted by atomic mass is 9.43. The summed E-state index contributed by atoms with van der Waals surface area (Å²) in [5.74, 6) is 4.33. The van der Waals surface area contributed by atoms with E-state index in [9.17, 15) is 4.79 Å². The van der Waals surface area contributed by atoms with E-state index in [0.29, 0.717) is 24.3 Å². The number of hydrogen-bond donors (Lipinski definition) is 0. The van der Waals surface area contributed by atoms with Gasteiger partial charge in [-0.1, -0.05) is 0 Å². The normalized spacial score (nSPS) is 36.4. The van der Waals surface area contributed by atoms with Gasteiger partial charge < -0.3 is 4.90 Å². The molecule has 1 spiro atoms. The Bertz CT molecular complexity index is 573. The van der Waals surface area contributed by atoms with Crippen LogP contribution in [-0.4, -0.2) is 38.7 Å². The second kappa shape index (κ2) is 5.57. The highest BCUT2D eigenvalue weighted by molar-refractivity contribution is 5.76. The summed E-state index contributed by atoms with van der Waals surface area (Å²) >= 11 is 0. The van der Waals surface area contributed by atoms with Gasteiger partial charge in [-0.25, -0.2) is 4.98 Å². The van der Waals surface area contributed by atoms with Gasteiger partial charge in [-0.2, -0.15) is 5.10 Å². The Balaban J connectivity index is 1.21. The van der Waals surface area contributed by atoms with Crippen LogP contribution < -0.4 is 0 Å². The molecule has 24 heavy (non-hydrogen) atoms. The van der Waals surface area contributed by atoms with Crippen molar-refractivity contribution in [2.45, 2.75) is 57.9 Å². The van der Waals surface area contributed by atoms with Crippen molar-refractivity contribution >= 4 is 5.91 Å². The summed E-state index contributed by atoms with van der Waals surface area (Å²) in [6.45, 7) is 2.62. The van der Waals surface area contributed by atoms with Crippen molar-refractivity contribution in [3.05, 3.63) is 12.7 Å². The third-order valence-corrected chi connectivity index (χ3v) is 7.83. The molecule has 130 valence electrons. The molecule has 5 heteroatoms. The fourth-order valence-corrected chi connectivity index (χ4v) is 6.83. The summed E-state index contributed by atoms with van der Waals surface area (Å²) in [6, 6.07) is 0. The minimum absolute atomic E-state index is 0.296. The molecule has 0 N–H and O–H groups in total. The van der Waals surface area contributed by atoms with Crippen molar-refractivity contribution in [3.63, 3.8) is 0 Å². The van der Waals surface area contributed by atoms with Crippen LogP contribution in [-0.2, 0) is 11.3 Å². The number of amides is 1. The van der Waals surface area contributed by atoms with E-state index < -0.39 is 0 Å². The SMILES string of the molecule is O=C(CCn1cncn1)N1CCC2(CC1)C1CC3CC(C1)CC2C3. The lowest BCUT2D eigenvalue weighted by Crippen LogP contribution is -2.57. The number of carbonyl (C=O) groups is 1. The third kappa shape index (κ3) is 2.31. The Morgan fingerprint density at radius 1 is 1.04 bits per heavy atom. The molecule has 6 rings (SSSR count). The number of aryl methyl sites for hydroxylation is 1. The minimum Gasteiger partial charge on any atom is -0.343 e. The molecule has 5 fully saturated rings. The zero-order valence-corrected chi connectivity index (χ0v) is 14.4. The Hall–Kier alpha value is -1.39. The minimum atomic E-state index is 0.296. The highest BCUT2D eigenvalue weighted by atomic mass is 16.2. The topological polar surface area (TPSA) is 51.0 Å². The summed E-state index contributed by atoms with van der Waals surface area (Å²) in [5, 5.41) is 4.09. The molecule has 4 aliphatic carbocycles. The van der Waals surface area contributed by atoms with Crippen LogP contribution in [0.1, 0.15) is 51.4 Å². The Morgan fingerprint density at radius 3 is 2.29 bits per heavy atom. The van der Waals surface area contributed by atoms with Crippen molar-refractivity contribution in [3.8, 4) is 0 Å². The van der Waals surface area contributed by atoms with Crippen molar-refractivity contribution < 1.29 is 4.79 Å². The first-order valence-electron chi connectivity index (χ1n) is 9.83. The molecule has 4 saturated carbocycles. The first-order valence-corrected chi connectivity index (χ1v) is 9.83. The molecule has 5 aliphatic rings. The van der Waals surface area contributed by atoms with Gasteiger partial charge in [0, 0.05) is 19.5 Å². The van der Waals surface area contributed by atoms with Gasteiger partial charge in [0.05, 0.1) is 6.54 Å². The average Bonchev–Trinajstić information content (AvgIpc) is 3.11. The van der Waals surface area contributed by atoms with E-state index in [-0.39, 0.29) is 0 Å². The van der Waals surface area contributed by atoms with E-state index >= 15 is 0 Å². The van der Waals surface area contributed by atoms with Gasteiger partial charge in [0.25, 0.3) is 0 Å². The highest BCUT2D eigenvalue weighted by Crippen LogP contribution is 2.65. The van der Waals surface area contributed by atoms with Crippen LogP contribution in [0.25, 0.3) is 0 Å². The Morgan fingerprint density at radius 2 is 1.71 bits per heavy atom. The van der Waals surface area contributed by atoms with Crippen LogP contribution in [0.3, 0.4) is 0 Å². The molecule has 1 aromatic heterocycles. The monoisotopic (exact) mass is 328 g/mol. The largest absolute Gasteiger partial charge is 0.343 e. The molecule has 1 aromatic rings. The molecule has 5 nitrogen and oxygen atoms in total. The smallest absolute Gasteiger partial charge is 0.224 e. The number of rotatable bonds is 3. The lowest BCUT2D eigenvalue weighted by Gasteiger charge is -2.63. The maximum Gasteiger partial charge on any atom is 0.224 e. The van der Waals surface area contributed by atoms with E-state index in [4.69, 9.17) is 0 Å². The van der Waals surface area contributed by atoms with Crippen LogP contribution in [0.5, 0.6) is 0 Å².